The summed E-state index contributed by atoms with van der Waals surface area (Å²) in [5.41, 5.74) is 0. The Morgan fingerprint density at radius 1 is 1.60 bits per heavy atom. The molecule has 0 aromatic carbocycles. The second-order valence-corrected chi connectivity index (χ2v) is 18.4. The van der Waals surface area contributed by atoms with Gasteiger partial charge in [-0.25, -0.2) is 0 Å². The van der Waals surface area contributed by atoms with Gasteiger partial charge in [-0.3, -0.25) is 0 Å². The molecule has 0 bridgehead atoms. The van der Waals surface area contributed by atoms with Gasteiger partial charge in [0.2, 0.25) is 0 Å². The molecule has 0 unspecified atom stereocenters. The van der Waals surface area contributed by atoms with Gasteiger partial charge in [0.25, 0.3) is 0 Å². The maximum absolute atomic E-state index is 5.41. The molecule has 0 aromatic rings. The average Bonchev–Trinajstić information content (AvgIpc) is 0.722. The maximum atomic E-state index is 5.41. The predicted molar refractivity (Wildman–Crippen MR) is 47.3 cm³/mol. The summed E-state index contributed by atoms with van der Waals surface area (Å²) in [6, 6.07) is 0. The van der Waals surface area contributed by atoms with Crippen molar-refractivity contribution in [3.63, 3.8) is 0 Å². The monoisotopic (exact) mass is 312 g/mol. The Kier molecular flexibility index (Phi) is 3.10. The molecular weight excluding hydrogens is 309 g/mol. The molecule has 0 amide bonds. The van der Waals surface area contributed by atoms with Gasteiger partial charge < -0.3 is 0 Å². The van der Waals surface area contributed by atoms with Gasteiger partial charge in [-0.15, -0.1) is 0 Å². The van der Waals surface area contributed by atoms with Gasteiger partial charge in [0.1, 0.15) is 0 Å². The van der Waals surface area contributed by atoms with Crippen LogP contribution in [0.2, 0.25) is 0 Å². The third-order valence-corrected chi connectivity index (χ3v) is 0. The van der Waals surface area contributed by atoms with Crippen LogP contribution in [0.15, 0.2) is 0 Å². The first-order valence-electron chi connectivity index (χ1n) is 0.953. The Bertz CT molecular complexity index is 88.8. The Hall–Kier alpha value is 1.87. The first-order valence-corrected chi connectivity index (χ1v) is 8.14. The number of halogens is 2. The summed E-state index contributed by atoms with van der Waals surface area (Å²) in [5.74, 6) is 0. The first kappa shape index (κ1) is 6.87. The molecule has 0 aliphatic heterocycles. The van der Waals surface area contributed by atoms with Gasteiger partial charge in [-0.1, -0.05) is 0 Å². The molecule has 0 aromatic heterocycles. The SMILES string of the molecule is B#S(C)(I)I. The molecule has 0 heterocycles. The molecule has 0 nitrogen and oxygen atoms in total. The van der Waals surface area contributed by atoms with Crippen molar-refractivity contribution in [2.75, 3.05) is 6.26 Å². The summed E-state index contributed by atoms with van der Waals surface area (Å²) in [4.78, 5) is 0. The van der Waals surface area contributed by atoms with E-state index in [1.807, 2.05) is 6.26 Å². The summed E-state index contributed by atoms with van der Waals surface area (Å²) in [7, 11) is 0. The molecule has 0 saturated heterocycles. The molecule has 0 rings (SSSR count). The molecule has 30 valence electrons. The van der Waals surface area contributed by atoms with E-state index in [4.69, 9.17) is 6.53 Å². The third kappa shape index (κ3) is 25.1. The fourth-order valence-electron chi connectivity index (χ4n) is 0. The van der Waals surface area contributed by atoms with Gasteiger partial charge >= 0.3 is 58.8 Å². The van der Waals surface area contributed by atoms with Crippen LogP contribution in [-0.4, -0.2) is 12.8 Å². The summed E-state index contributed by atoms with van der Waals surface area (Å²) >= 11 is 4.45. The quantitative estimate of drug-likeness (QED) is 0.475. The molecular formula is CH3BI2S. The van der Waals surface area contributed by atoms with Gasteiger partial charge in [0.05, 0.1) is 0 Å². The molecule has 0 saturated carbocycles. The zero-order valence-electron chi connectivity index (χ0n) is 2.74. The topological polar surface area (TPSA) is 0 Å². The van der Waals surface area contributed by atoms with Crippen molar-refractivity contribution >= 4 is 52.5 Å². The minimum absolute atomic E-state index is 0.727. The van der Waals surface area contributed by atoms with Crippen molar-refractivity contribution in [2.45, 2.75) is 0 Å². The van der Waals surface area contributed by atoms with Crippen molar-refractivity contribution in [2.24, 2.45) is 0 Å². The molecule has 0 fully saturated rings. The van der Waals surface area contributed by atoms with E-state index in [1.165, 1.54) is 0 Å². The normalized spacial score (nSPS) is 12.2. The molecule has 0 aliphatic rings. The Morgan fingerprint density at radius 3 is 1.60 bits per heavy atom. The van der Waals surface area contributed by atoms with Crippen LogP contribution in [0.5, 0.6) is 0 Å². The molecule has 0 aliphatic carbocycles. The molecule has 4 heteroatoms. The summed E-state index contributed by atoms with van der Waals surface area (Å²) in [6.45, 7) is 5.41. The van der Waals surface area contributed by atoms with E-state index >= 15 is 0 Å². The molecule has 0 atom stereocenters. The number of hydrogen-bond acceptors (Lipinski definition) is 0. The fourth-order valence-corrected chi connectivity index (χ4v) is 0. The van der Waals surface area contributed by atoms with Crippen LogP contribution in [0.4, 0.5) is 0 Å². The van der Waals surface area contributed by atoms with Gasteiger partial charge in [-0.05, 0) is 0 Å². The fraction of sp³-hybridized carbons (Fsp3) is 1.00. The Labute approximate surface area is 58.1 Å². The van der Waals surface area contributed by atoms with Crippen molar-refractivity contribution in [1.29, 1.82) is 0 Å². The zero-order valence-corrected chi connectivity index (χ0v) is 7.87. The summed E-state index contributed by atoms with van der Waals surface area (Å²) in [6.07, 6.45) is 2.02. The van der Waals surface area contributed by atoms with Crippen LogP contribution in [0.1, 0.15) is 0 Å². The van der Waals surface area contributed by atoms with Crippen LogP contribution >= 0.6 is 46.0 Å². The van der Waals surface area contributed by atoms with Crippen LogP contribution < -0.4 is 0 Å². The van der Waals surface area contributed by atoms with Crippen LogP contribution in [-0.2, 0) is 0 Å². The third-order valence-electron chi connectivity index (χ3n) is 0. The summed E-state index contributed by atoms with van der Waals surface area (Å²) < 4.78 is -0.727. The van der Waals surface area contributed by atoms with E-state index in [1.54, 1.807) is 0 Å². The van der Waals surface area contributed by atoms with Crippen molar-refractivity contribution in [3.05, 3.63) is 0 Å². The van der Waals surface area contributed by atoms with E-state index in [0.717, 1.165) is 0 Å². The van der Waals surface area contributed by atoms with Gasteiger partial charge in [0.15, 0.2) is 0 Å². The van der Waals surface area contributed by atoms with E-state index < -0.39 is 3.61 Å². The Balaban J connectivity index is 3.66. The molecule has 0 N–H and O–H groups in total. The number of hydrogen-bond donors (Lipinski definition) is 0. The van der Waals surface area contributed by atoms with Crippen molar-refractivity contribution < 1.29 is 0 Å². The van der Waals surface area contributed by atoms with Gasteiger partial charge in [0, 0.05) is 0 Å². The second-order valence-electron chi connectivity index (χ2n) is 0.781. The average molecular weight is 312 g/mol. The molecule has 5 heavy (non-hydrogen) atoms. The van der Waals surface area contributed by atoms with Crippen molar-refractivity contribution in [3.8, 4) is 0 Å². The zero-order chi connectivity index (χ0) is 4.50. The van der Waals surface area contributed by atoms with E-state index in [9.17, 15) is 0 Å². The van der Waals surface area contributed by atoms with E-state index in [0.29, 0.717) is 0 Å². The molecule has 0 radical (unpaired) electrons. The van der Waals surface area contributed by atoms with Gasteiger partial charge in [-0.2, -0.15) is 0 Å². The predicted octanol–water partition coefficient (Wildman–Crippen LogP) is 2.20. The second kappa shape index (κ2) is 2.25. The number of rotatable bonds is 0. The van der Waals surface area contributed by atoms with Crippen LogP contribution in [0.25, 0.3) is 0 Å². The minimum atomic E-state index is -0.727. The van der Waals surface area contributed by atoms with Crippen LogP contribution in [0, 0.1) is 0 Å². The standard InChI is InChI=1S/CH3BI2S/c1-5(2,3)4/h1H3. The molecule has 0 spiro atoms. The first-order chi connectivity index (χ1) is 2.00. The van der Waals surface area contributed by atoms with E-state index in [-0.39, 0.29) is 0 Å². The van der Waals surface area contributed by atoms with Crippen LogP contribution in [0.3, 0.4) is 0 Å². The van der Waals surface area contributed by atoms with Crippen molar-refractivity contribution in [1.82, 2.24) is 0 Å². The summed E-state index contributed by atoms with van der Waals surface area (Å²) in [5, 5.41) is 0. The van der Waals surface area contributed by atoms with E-state index in [2.05, 4.69) is 42.4 Å². The Morgan fingerprint density at radius 2 is 1.60 bits per heavy atom.